The van der Waals surface area contributed by atoms with Gasteiger partial charge in [0.25, 0.3) is 0 Å². The average molecular weight is 239 g/mol. The highest BCUT2D eigenvalue weighted by Gasteiger charge is 2.36. The lowest BCUT2D eigenvalue weighted by Gasteiger charge is -2.39. The van der Waals surface area contributed by atoms with Gasteiger partial charge >= 0.3 is 0 Å². The first-order chi connectivity index (χ1) is 8.03. The van der Waals surface area contributed by atoms with E-state index in [0.717, 1.165) is 18.9 Å². The average Bonchev–Trinajstić information content (AvgIpc) is 2.61. The normalized spacial score (nSPS) is 38.5. The van der Waals surface area contributed by atoms with Crippen molar-refractivity contribution >= 4 is 0 Å². The van der Waals surface area contributed by atoms with Crippen LogP contribution in [-0.4, -0.2) is 34.7 Å². The Morgan fingerprint density at radius 3 is 2.65 bits per heavy atom. The molecule has 0 radical (unpaired) electrons. The highest BCUT2D eigenvalue weighted by atomic mass is 16.3. The van der Waals surface area contributed by atoms with Crippen LogP contribution in [0.15, 0.2) is 0 Å². The second kappa shape index (κ2) is 5.27. The maximum atomic E-state index is 10.2. The SMILES string of the molecule is CCC1CCC(O)C(CN2CCCC2(C)C)C1. The summed E-state index contributed by atoms with van der Waals surface area (Å²) in [6.07, 6.45) is 7.38. The number of likely N-dealkylation sites (tertiary alicyclic amines) is 1. The van der Waals surface area contributed by atoms with Gasteiger partial charge in [-0.25, -0.2) is 0 Å². The van der Waals surface area contributed by atoms with Crippen LogP contribution < -0.4 is 0 Å². The van der Waals surface area contributed by atoms with E-state index in [1.807, 2.05) is 0 Å². The summed E-state index contributed by atoms with van der Waals surface area (Å²) in [5.41, 5.74) is 0.360. The number of aliphatic hydroxyl groups is 1. The van der Waals surface area contributed by atoms with Gasteiger partial charge in [-0.15, -0.1) is 0 Å². The molecule has 2 fully saturated rings. The third kappa shape index (κ3) is 3.03. The Bertz CT molecular complexity index is 251. The molecule has 0 amide bonds. The first-order valence-corrected chi connectivity index (χ1v) is 7.46. The minimum absolute atomic E-state index is 0.0470. The molecular weight excluding hydrogens is 210 g/mol. The molecule has 0 aromatic carbocycles. The highest BCUT2D eigenvalue weighted by Crippen LogP contribution is 2.35. The predicted molar refractivity (Wildman–Crippen MR) is 72.0 cm³/mol. The molecule has 0 bridgehead atoms. The van der Waals surface area contributed by atoms with Gasteiger partial charge in [-0.3, -0.25) is 4.90 Å². The molecule has 2 aliphatic rings. The summed E-state index contributed by atoms with van der Waals surface area (Å²) in [4.78, 5) is 2.61. The summed E-state index contributed by atoms with van der Waals surface area (Å²) < 4.78 is 0. The fraction of sp³-hybridized carbons (Fsp3) is 1.00. The van der Waals surface area contributed by atoms with E-state index < -0.39 is 0 Å². The minimum Gasteiger partial charge on any atom is -0.393 e. The summed E-state index contributed by atoms with van der Waals surface area (Å²) >= 11 is 0. The van der Waals surface area contributed by atoms with Crippen LogP contribution in [-0.2, 0) is 0 Å². The maximum absolute atomic E-state index is 10.2. The van der Waals surface area contributed by atoms with Gasteiger partial charge in [0.15, 0.2) is 0 Å². The van der Waals surface area contributed by atoms with E-state index in [1.165, 1.54) is 38.6 Å². The fourth-order valence-corrected chi connectivity index (χ4v) is 3.70. The summed E-state index contributed by atoms with van der Waals surface area (Å²) in [6, 6.07) is 0. The van der Waals surface area contributed by atoms with E-state index in [0.29, 0.717) is 11.5 Å². The predicted octanol–water partition coefficient (Wildman–Crippen LogP) is 3.05. The summed E-state index contributed by atoms with van der Waals surface area (Å²) in [6.45, 7) is 9.34. The first-order valence-electron chi connectivity index (χ1n) is 7.46. The van der Waals surface area contributed by atoms with Crippen molar-refractivity contribution in [1.29, 1.82) is 0 Å². The molecule has 1 saturated carbocycles. The van der Waals surface area contributed by atoms with E-state index in [4.69, 9.17) is 0 Å². The molecule has 3 atom stereocenters. The second-order valence-corrected chi connectivity index (χ2v) is 6.78. The smallest absolute Gasteiger partial charge is 0.0580 e. The lowest BCUT2D eigenvalue weighted by molar-refractivity contribution is 0.0150. The quantitative estimate of drug-likeness (QED) is 0.818. The van der Waals surface area contributed by atoms with Crippen LogP contribution in [0, 0.1) is 11.8 Å². The van der Waals surface area contributed by atoms with Gasteiger partial charge in [0.05, 0.1) is 6.10 Å². The monoisotopic (exact) mass is 239 g/mol. The molecule has 0 aromatic rings. The lowest BCUT2D eigenvalue weighted by Crippen LogP contribution is -2.45. The maximum Gasteiger partial charge on any atom is 0.0580 e. The van der Waals surface area contributed by atoms with Gasteiger partial charge in [0.1, 0.15) is 0 Å². The standard InChI is InChI=1S/C15H29NO/c1-4-12-6-7-14(17)13(10-12)11-16-9-5-8-15(16,2)3/h12-14,17H,4-11H2,1-3H3. The molecule has 17 heavy (non-hydrogen) atoms. The van der Waals surface area contributed by atoms with Crippen LogP contribution >= 0.6 is 0 Å². The zero-order valence-electron chi connectivity index (χ0n) is 11.8. The van der Waals surface area contributed by atoms with E-state index in [1.54, 1.807) is 0 Å². The van der Waals surface area contributed by atoms with Gasteiger partial charge in [-0.1, -0.05) is 13.3 Å². The molecule has 1 saturated heterocycles. The molecular formula is C15H29NO. The van der Waals surface area contributed by atoms with Gasteiger partial charge in [-0.05, 0) is 64.3 Å². The summed E-state index contributed by atoms with van der Waals surface area (Å²) in [5.74, 6) is 1.38. The van der Waals surface area contributed by atoms with E-state index in [-0.39, 0.29) is 6.10 Å². The van der Waals surface area contributed by atoms with Crippen LogP contribution in [0.3, 0.4) is 0 Å². The van der Waals surface area contributed by atoms with Crippen molar-refractivity contribution in [3.63, 3.8) is 0 Å². The zero-order valence-corrected chi connectivity index (χ0v) is 11.8. The molecule has 2 nitrogen and oxygen atoms in total. The number of nitrogens with zero attached hydrogens (tertiary/aromatic N) is 1. The van der Waals surface area contributed by atoms with Gasteiger partial charge in [0, 0.05) is 12.1 Å². The third-order valence-corrected chi connectivity index (χ3v) is 5.16. The van der Waals surface area contributed by atoms with Crippen molar-refractivity contribution in [3.8, 4) is 0 Å². The van der Waals surface area contributed by atoms with Crippen LogP contribution in [0.25, 0.3) is 0 Å². The van der Waals surface area contributed by atoms with Crippen molar-refractivity contribution in [2.24, 2.45) is 11.8 Å². The molecule has 3 unspecified atom stereocenters. The van der Waals surface area contributed by atoms with Gasteiger partial charge in [0.2, 0.25) is 0 Å². The van der Waals surface area contributed by atoms with Gasteiger partial charge < -0.3 is 5.11 Å². The van der Waals surface area contributed by atoms with Crippen LogP contribution in [0.5, 0.6) is 0 Å². The fourth-order valence-electron chi connectivity index (χ4n) is 3.70. The Kier molecular flexibility index (Phi) is 4.14. The molecule has 0 aromatic heterocycles. The topological polar surface area (TPSA) is 23.5 Å². The molecule has 1 aliphatic heterocycles. The minimum atomic E-state index is -0.0470. The van der Waals surface area contributed by atoms with E-state index in [2.05, 4.69) is 25.7 Å². The highest BCUT2D eigenvalue weighted by molar-refractivity contribution is 4.91. The Balaban J connectivity index is 1.92. The number of hydrogen-bond donors (Lipinski definition) is 1. The number of aliphatic hydroxyl groups excluding tert-OH is 1. The molecule has 1 heterocycles. The zero-order chi connectivity index (χ0) is 12.5. The van der Waals surface area contributed by atoms with Crippen LogP contribution in [0.2, 0.25) is 0 Å². The molecule has 1 aliphatic carbocycles. The molecule has 1 N–H and O–H groups in total. The van der Waals surface area contributed by atoms with Crippen LogP contribution in [0.1, 0.15) is 59.3 Å². The molecule has 100 valence electrons. The largest absolute Gasteiger partial charge is 0.393 e. The van der Waals surface area contributed by atoms with Gasteiger partial charge in [-0.2, -0.15) is 0 Å². The van der Waals surface area contributed by atoms with Crippen molar-refractivity contribution in [2.75, 3.05) is 13.1 Å². The van der Waals surface area contributed by atoms with Crippen molar-refractivity contribution in [2.45, 2.75) is 70.9 Å². The Morgan fingerprint density at radius 2 is 2.06 bits per heavy atom. The van der Waals surface area contributed by atoms with Crippen molar-refractivity contribution < 1.29 is 5.11 Å². The summed E-state index contributed by atoms with van der Waals surface area (Å²) in [7, 11) is 0. The number of hydrogen-bond acceptors (Lipinski definition) is 2. The molecule has 2 rings (SSSR count). The third-order valence-electron chi connectivity index (χ3n) is 5.16. The van der Waals surface area contributed by atoms with Crippen molar-refractivity contribution in [3.05, 3.63) is 0 Å². The van der Waals surface area contributed by atoms with E-state index >= 15 is 0 Å². The van der Waals surface area contributed by atoms with Crippen LogP contribution in [0.4, 0.5) is 0 Å². The van der Waals surface area contributed by atoms with Crippen molar-refractivity contribution in [1.82, 2.24) is 4.90 Å². The molecule has 0 spiro atoms. The lowest BCUT2D eigenvalue weighted by atomic mass is 9.78. The first kappa shape index (κ1) is 13.4. The Labute approximate surface area is 106 Å². The Hall–Kier alpha value is -0.0800. The van der Waals surface area contributed by atoms with E-state index in [9.17, 15) is 5.11 Å². The Morgan fingerprint density at radius 1 is 1.29 bits per heavy atom. The molecule has 2 heteroatoms. The second-order valence-electron chi connectivity index (χ2n) is 6.78. The number of rotatable bonds is 3. The summed E-state index contributed by atoms with van der Waals surface area (Å²) in [5, 5.41) is 10.2.